The summed E-state index contributed by atoms with van der Waals surface area (Å²) in [6, 6.07) is 4.64. The van der Waals surface area contributed by atoms with Crippen LogP contribution >= 0.6 is 0 Å². The third-order valence-electron chi connectivity index (χ3n) is 4.36. The topological polar surface area (TPSA) is 12.0 Å². The smallest absolute Gasteiger partial charge is 0.0193 e. The van der Waals surface area contributed by atoms with E-state index in [1.54, 1.807) is 5.56 Å². The predicted molar refractivity (Wildman–Crippen MR) is 79.2 cm³/mol. The van der Waals surface area contributed by atoms with E-state index in [1.165, 1.54) is 55.3 Å². The van der Waals surface area contributed by atoms with Crippen molar-refractivity contribution in [3.05, 3.63) is 34.4 Å². The van der Waals surface area contributed by atoms with Crippen LogP contribution in [-0.2, 0) is 6.42 Å². The Kier molecular flexibility index (Phi) is 4.11. The second-order valence-electron chi connectivity index (χ2n) is 6.35. The first kappa shape index (κ1) is 13.6. The zero-order valence-corrected chi connectivity index (χ0v) is 12.4. The quantitative estimate of drug-likeness (QED) is 0.828. The Hall–Kier alpha value is -0.820. The molecule has 1 nitrogen and oxygen atoms in total. The van der Waals surface area contributed by atoms with Gasteiger partial charge in [-0.05, 0) is 70.2 Å². The Balaban J connectivity index is 2.22. The molecule has 0 radical (unpaired) electrons. The highest BCUT2D eigenvalue weighted by atomic mass is 15.0. The molecule has 1 aromatic carbocycles. The number of aryl methyl sites for hydroxylation is 3. The first-order valence-corrected chi connectivity index (χ1v) is 7.32. The molecule has 100 valence electrons. The maximum absolute atomic E-state index is 3.78. The molecule has 1 atom stereocenters. The minimum Gasteiger partial charge on any atom is -0.311 e. The molecule has 0 aliphatic carbocycles. The molecule has 1 heterocycles. The molecule has 1 fully saturated rings. The fourth-order valence-corrected chi connectivity index (χ4v) is 3.33. The van der Waals surface area contributed by atoms with Gasteiger partial charge in [-0.1, -0.05) is 30.5 Å². The fraction of sp³-hybridized carbons (Fsp3) is 0.647. The highest BCUT2D eigenvalue weighted by Crippen LogP contribution is 2.27. The van der Waals surface area contributed by atoms with Crippen LogP contribution in [0.3, 0.4) is 0 Å². The number of benzene rings is 1. The number of hydrogen-bond acceptors (Lipinski definition) is 1. The van der Waals surface area contributed by atoms with Crippen molar-refractivity contribution in [1.29, 1.82) is 0 Å². The lowest BCUT2D eigenvalue weighted by Crippen LogP contribution is -2.43. The Morgan fingerprint density at radius 1 is 1.06 bits per heavy atom. The zero-order chi connectivity index (χ0) is 13.2. The molecule has 1 aliphatic heterocycles. The molecule has 0 saturated carbocycles. The van der Waals surface area contributed by atoms with E-state index in [0.717, 1.165) is 0 Å². The third kappa shape index (κ3) is 3.14. The van der Waals surface area contributed by atoms with Gasteiger partial charge in [0.1, 0.15) is 0 Å². The van der Waals surface area contributed by atoms with Gasteiger partial charge in [0.15, 0.2) is 0 Å². The van der Waals surface area contributed by atoms with Crippen LogP contribution in [0.1, 0.15) is 54.9 Å². The van der Waals surface area contributed by atoms with E-state index in [4.69, 9.17) is 0 Å². The van der Waals surface area contributed by atoms with Gasteiger partial charge in [0.05, 0.1) is 0 Å². The van der Waals surface area contributed by atoms with Crippen molar-refractivity contribution in [3.8, 4) is 0 Å². The zero-order valence-electron chi connectivity index (χ0n) is 12.4. The summed E-state index contributed by atoms with van der Waals surface area (Å²) >= 11 is 0. The highest BCUT2D eigenvalue weighted by Gasteiger charge is 2.26. The van der Waals surface area contributed by atoms with E-state index in [9.17, 15) is 0 Å². The van der Waals surface area contributed by atoms with Crippen LogP contribution in [0.2, 0.25) is 0 Å². The number of nitrogens with one attached hydrogen (secondary N) is 1. The standard InChI is InChI=1S/C17H27N/c1-13-10-14(2)16(15(3)11-13)12-17(4)8-6-5-7-9-18-17/h10-11,18H,5-9,12H2,1-4H3. The van der Waals surface area contributed by atoms with Crippen LogP contribution in [0, 0.1) is 20.8 Å². The summed E-state index contributed by atoms with van der Waals surface area (Å²) < 4.78 is 0. The molecule has 1 saturated heterocycles. The average molecular weight is 245 g/mol. The monoisotopic (exact) mass is 245 g/mol. The predicted octanol–water partition coefficient (Wildman–Crippen LogP) is 4.08. The van der Waals surface area contributed by atoms with Crippen molar-refractivity contribution in [2.45, 2.75) is 65.3 Å². The second-order valence-corrected chi connectivity index (χ2v) is 6.35. The van der Waals surface area contributed by atoms with Gasteiger partial charge < -0.3 is 5.32 Å². The van der Waals surface area contributed by atoms with Gasteiger partial charge in [-0.2, -0.15) is 0 Å². The van der Waals surface area contributed by atoms with Gasteiger partial charge in [-0.15, -0.1) is 0 Å². The van der Waals surface area contributed by atoms with E-state index in [0.29, 0.717) is 5.54 Å². The van der Waals surface area contributed by atoms with Crippen molar-refractivity contribution in [2.75, 3.05) is 6.54 Å². The summed E-state index contributed by atoms with van der Waals surface area (Å²) in [5, 5.41) is 3.78. The van der Waals surface area contributed by atoms with Gasteiger partial charge in [0, 0.05) is 5.54 Å². The van der Waals surface area contributed by atoms with Crippen molar-refractivity contribution >= 4 is 0 Å². The average Bonchev–Trinajstić information content (AvgIpc) is 2.49. The Bertz CT molecular complexity index is 389. The van der Waals surface area contributed by atoms with Crippen LogP contribution in [0.5, 0.6) is 0 Å². The Labute approximate surface area is 112 Å². The van der Waals surface area contributed by atoms with Crippen molar-refractivity contribution in [3.63, 3.8) is 0 Å². The third-order valence-corrected chi connectivity index (χ3v) is 4.36. The lowest BCUT2D eigenvalue weighted by Gasteiger charge is -2.31. The van der Waals surface area contributed by atoms with E-state index in [1.807, 2.05) is 0 Å². The summed E-state index contributed by atoms with van der Waals surface area (Å²) in [4.78, 5) is 0. The van der Waals surface area contributed by atoms with Crippen LogP contribution < -0.4 is 5.32 Å². The molecule has 2 rings (SSSR count). The number of rotatable bonds is 2. The van der Waals surface area contributed by atoms with Gasteiger partial charge in [-0.25, -0.2) is 0 Å². The molecular weight excluding hydrogens is 218 g/mol. The summed E-state index contributed by atoms with van der Waals surface area (Å²) in [5.74, 6) is 0. The molecule has 1 aliphatic rings. The first-order chi connectivity index (χ1) is 8.50. The maximum Gasteiger partial charge on any atom is 0.0193 e. The van der Waals surface area contributed by atoms with Gasteiger partial charge in [0.2, 0.25) is 0 Å². The maximum atomic E-state index is 3.78. The molecule has 0 amide bonds. The molecule has 1 unspecified atom stereocenters. The van der Waals surface area contributed by atoms with Gasteiger partial charge in [-0.3, -0.25) is 0 Å². The lowest BCUT2D eigenvalue weighted by molar-refractivity contribution is 0.344. The highest BCUT2D eigenvalue weighted by molar-refractivity contribution is 5.38. The van der Waals surface area contributed by atoms with Crippen LogP contribution in [-0.4, -0.2) is 12.1 Å². The summed E-state index contributed by atoms with van der Waals surface area (Å²) in [7, 11) is 0. The van der Waals surface area contributed by atoms with Crippen molar-refractivity contribution in [2.24, 2.45) is 0 Å². The van der Waals surface area contributed by atoms with E-state index in [-0.39, 0.29) is 0 Å². The summed E-state index contributed by atoms with van der Waals surface area (Å²) in [5.41, 5.74) is 6.14. The molecule has 18 heavy (non-hydrogen) atoms. The minimum absolute atomic E-state index is 0.293. The Morgan fingerprint density at radius 3 is 2.39 bits per heavy atom. The van der Waals surface area contributed by atoms with E-state index >= 15 is 0 Å². The normalized spacial score (nSPS) is 24.9. The molecule has 0 spiro atoms. The van der Waals surface area contributed by atoms with Crippen LogP contribution in [0.15, 0.2) is 12.1 Å². The molecule has 1 heteroatoms. The van der Waals surface area contributed by atoms with Crippen molar-refractivity contribution < 1.29 is 0 Å². The van der Waals surface area contributed by atoms with Crippen LogP contribution in [0.4, 0.5) is 0 Å². The molecule has 1 N–H and O–H groups in total. The molecule has 0 aromatic heterocycles. The molecule has 0 bridgehead atoms. The molecule has 1 aromatic rings. The van der Waals surface area contributed by atoms with Gasteiger partial charge in [0.25, 0.3) is 0 Å². The molecular formula is C17H27N. The van der Waals surface area contributed by atoms with E-state index < -0.39 is 0 Å². The number of hydrogen-bond donors (Lipinski definition) is 1. The second kappa shape index (κ2) is 5.44. The van der Waals surface area contributed by atoms with E-state index in [2.05, 4.69) is 45.1 Å². The lowest BCUT2D eigenvalue weighted by atomic mass is 9.84. The Morgan fingerprint density at radius 2 is 1.72 bits per heavy atom. The fourth-order valence-electron chi connectivity index (χ4n) is 3.33. The SMILES string of the molecule is Cc1cc(C)c(CC2(C)CCCCCN2)c(C)c1. The van der Waals surface area contributed by atoms with Gasteiger partial charge >= 0.3 is 0 Å². The first-order valence-electron chi connectivity index (χ1n) is 7.32. The van der Waals surface area contributed by atoms with Crippen LogP contribution in [0.25, 0.3) is 0 Å². The minimum atomic E-state index is 0.293. The summed E-state index contributed by atoms with van der Waals surface area (Å²) in [6.45, 7) is 10.3. The van der Waals surface area contributed by atoms with Crippen molar-refractivity contribution in [1.82, 2.24) is 5.32 Å². The summed E-state index contributed by atoms with van der Waals surface area (Å²) in [6.07, 6.45) is 6.56. The largest absolute Gasteiger partial charge is 0.311 e.